The largest absolute Gasteiger partial charge is 0.450 e. The average molecular weight is 446 g/mol. The highest BCUT2D eigenvalue weighted by Crippen LogP contribution is 2.21. The summed E-state index contributed by atoms with van der Waals surface area (Å²) in [5, 5.41) is 3.15. The van der Waals surface area contributed by atoms with Crippen molar-refractivity contribution in [3.05, 3.63) is 59.7 Å². The molecule has 1 aliphatic heterocycles. The number of benzene rings is 2. The minimum absolute atomic E-state index is 0.0783. The fourth-order valence-corrected chi connectivity index (χ4v) is 4.25. The zero-order valence-electron chi connectivity index (χ0n) is 17.7. The Labute approximate surface area is 182 Å². The van der Waals surface area contributed by atoms with E-state index in [1.807, 2.05) is 12.1 Å². The summed E-state index contributed by atoms with van der Waals surface area (Å²) < 4.78 is 28.8. The second-order valence-electron chi connectivity index (χ2n) is 7.30. The van der Waals surface area contributed by atoms with Crippen LogP contribution in [0.25, 0.3) is 0 Å². The highest BCUT2D eigenvalue weighted by Gasteiger charge is 2.25. The van der Waals surface area contributed by atoms with Crippen molar-refractivity contribution >= 4 is 27.5 Å². The molecule has 1 heterocycles. The molecular formula is C22H27N3O5S. The van der Waals surface area contributed by atoms with Crippen molar-refractivity contribution in [3.8, 4) is 0 Å². The van der Waals surface area contributed by atoms with Gasteiger partial charge in [0.25, 0.3) is 5.91 Å². The molecule has 0 aromatic heterocycles. The van der Waals surface area contributed by atoms with E-state index in [1.54, 1.807) is 53.1 Å². The average Bonchev–Trinajstić information content (AvgIpc) is 2.77. The molecule has 3 rings (SSSR count). The molecule has 0 saturated carbocycles. The van der Waals surface area contributed by atoms with Crippen LogP contribution in [0.4, 0.5) is 10.5 Å². The van der Waals surface area contributed by atoms with E-state index < -0.39 is 9.84 Å². The number of hydrogen-bond donors (Lipinski definition) is 1. The zero-order valence-corrected chi connectivity index (χ0v) is 18.5. The Morgan fingerprint density at radius 3 is 2.19 bits per heavy atom. The predicted molar refractivity (Wildman–Crippen MR) is 118 cm³/mol. The van der Waals surface area contributed by atoms with Gasteiger partial charge >= 0.3 is 6.09 Å². The van der Waals surface area contributed by atoms with Crippen LogP contribution in [-0.4, -0.2) is 69.3 Å². The van der Waals surface area contributed by atoms with E-state index in [0.717, 1.165) is 5.56 Å². The van der Waals surface area contributed by atoms with Crippen LogP contribution < -0.4 is 5.32 Å². The SMILES string of the molecule is CCOC(=O)N1CCN(C(=O)c2ccc(CNc3ccccc3S(C)(=O)=O)cc2)CC1. The minimum atomic E-state index is -3.33. The van der Waals surface area contributed by atoms with E-state index in [0.29, 0.717) is 50.6 Å². The van der Waals surface area contributed by atoms with Crippen LogP contribution in [0, 0.1) is 0 Å². The highest BCUT2D eigenvalue weighted by atomic mass is 32.2. The summed E-state index contributed by atoms with van der Waals surface area (Å²) >= 11 is 0. The molecule has 0 spiro atoms. The first-order chi connectivity index (χ1) is 14.8. The smallest absolute Gasteiger partial charge is 0.409 e. The molecule has 1 fully saturated rings. The lowest BCUT2D eigenvalue weighted by atomic mass is 10.1. The van der Waals surface area contributed by atoms with Gasteiger partial charge in [0.2, 0.25) is 0 Å². The van der Waals surface area contributed by atoms with Crippen LogP contribution in [0.3, 0.4) is 0 Å². The third-order valence-corrected chi connectivity index (χ3v) is 6.22. The quantitative estimate of drug-likeness (QED) is 0.734. The Balaban J connectivity index is 1.57. The van der Waals surface area contributed by atoms with Crippen molar-refractivity contribution in [2.75, 3.05) is 44.4 Å². The topological polar surface area (TPSA) is 96.0 Å². The van der Waals surface area contributed by atoms with Gasteiger partial charge in [-0.25, -0.2) is 13.2 Å². The van der Waals surface area contributed by atoms with Crippen molar-refractivity contribution in [2.24, 2.45) is 0 Å². The molecule has 0 unspecified atom stereocenters. The van der Waals surface area contributed by atoms with Gasteiger partial charge in [0.15, 0.2) is 9.84 Å². The van der Waals surface area contributed by atoms with E-state index in [9.17, 15) is 18.0 Å². The van der Waals surface area contributed by atoms with Crippen LogP contribution in [0.5, 0.6) is 0 Å². The molecule has 0 atom stereocenters. The van der Waals surface area contributed by atoms with Gasteiger partial charge < -0.3 is 19.9 Å². The third kappa shape index (κ3) is 5.75. The van der Waals surface area contributed by atoms with Crippen molar-refractivity contribution in [1.29, 1.82) is 0 Å². The number of nitrogens with one attached hydrogen (secondary N) is 1. The first kappa shape index (κ1) is 22.6. The van der Waals surface area contributed by atoms with Gasteiger partial charge in [-0.2, -0.15) is 0 Å². The lowest BCUT2D eigenvalue weighted by Crippen LogP contribution is -2.50. The maximum absolute atomic E-state index is 12.8. The number of para-hydroxylation sites is 1. The molecular weight excluding hydrogens is 418 g/mol. The third-order valence-electron chi connectivity index (χ3n) is 5.06. The van der Waals surface area contributed by atoms with Gasteiger partial charge in [-0.15, -0.1) is 0 Å². The summed E-state index contributed by atoms with van der Waals surface area (Å²) in [7, 11) is -3.33. The standard InChI is InChI=1S/C22H27N3O5S/c1-3-30-22(27)25-14-12-24(13-15-25)21(26)18-10-8-17(9-11-18)16-23-19-6-4-5-7-20(19)31(2,28)29/h4-11,23H,3,12-16H2,1-2H3. The van der Waals surface area contributed by atoms with E-state index in [1.165, 1.54) is 6.26 Å². The number of ether oxygens (including phenoxy) is 1. The molecule has 2 aromatic rings. The number of amides is 2. The first-order valence-corrected chi connectivity index (χ1v) is 12.0. The minimum Gasteiger partial charge on any atom is -0.450 e. The number of rotatable bonds is 6. The summed E-state index contributed by atoms with van der Waals surface area (Å²) in [4.78, 5) is 28.1. The molecule has 0 radical (unpaired) electrons. The summed E-state index contributed by atoms with van der Waals surface area (Å²) in [5.41, 5.74) is 2.04. The molecule has 0 bridgehead atoms. The predicted octanol–water partition coefficient (Wildman–Crippen LogP) is 2.62. The number of hydrogen-bond acceptors (Lipinski definition) is 6. The molecule has 8 nitrogen and oxygen atoms in total. The van der Waals surface area contributed by atoms with Gasteiger partial charge in [-0.3, -0.25) is 4.79 Å². The fraction of sp³-hybridized carbons (Fsp3) is 0.364. The maximum Gasteiger partial charge on any atom is 0.409 e. The zero-order chi connectivity index (χ0) is 22.4. The van der Waals surface area contributed by atoms with Gasteiger partial charge in [0, 0.05) is 44.5 Å². The molecule has 0 aliphatic carbocycles. The Bertz CT molecular complexity index is 1030. The first-order valence-electron chi connectivity index (χ1n) is 10.1. The van der Waals surface area contributed by atoms with Gasteiger partial charge in [0.1, 0.15) is 0 Å². The molecule has 1 N–H and O–H groups in total. The normalized spacial score (nSPS) is 14.3. The lowest BCUT2D eigenvalue weighted by Gasteiger charge is -2.34. The lowest BCUT2D eigenvalue weighted by molar-refractivity contribution is 0.0570. The van der Waals surface area contributed by atoms with Crippen molar-refractivity contribution in [1.82, 2.24) is 9.80 Å². The molecule has 1 saturated heterocycles. The second kappa shape index (κ2) is 9.82. The molecule has 9 heteroatoms. The van der Waals surface area contributed by atoms with E-state index in [-0.39, 0.29) is 16.9 Å². The Morgan fingerprint density at radius 2 is 1.58 bits per heavy atom. The number of anilines is 1. The number of nitrogens with zero attached hydrogens (tertiary/aromatic N) is 2. The maximum atomic E-state index is 12.8. The highest BCUT2D eigenvalue weighted by molar-refractivity contribution is 7.90. The molecule has 166 valence electrons. The monoisotopic (exact) mass is 445 g/mol. The summed E-state index contributed by atoms with van der Waals surface area (Å²) in [6, 6.07) is 14.0. The van der Waals surface area contributed by atoms with Gasteiger partial charge in [0.05, 0.1) is 17.2 Å². The van der Waals surface area contributed by atoms with Crippen LogP contribution in [0.2, 0.25) is 0 Å². The Kier molecular flexibility index (Phi) is 7.17. The van der Waals surface area contributed by atoms with E-state index in [4.69, 9.17) is 4.74 Å². The number of carbonyl (C=O) groups is 2. The summed E-state index contributed by atoms with van der Waals surface area (Å²) in [5.74, 6) is -0.0783. The Hall–Kier alpha value is -3.07. The molecule has 1 aliphatic rings. The summed E-state index contributed by atoms with van der Waals surface area (Å²) in [6.07, 6.45) is 0.837. The number of sulfone groups is 1. The molecule has 2 amide bonds. The van der Waals surface area contributed by atoms with Crippen molar-refractivity contribution < 1.29 is 22.7 Å². The van der Waals surface area contributed by atoms with E-state index in [2.05, 4.69) is 5.32 Å². The number of carbonyl (C=O) groups excluding carboxylic acids is 2. The van der Waals surface area contributed by atoms with Crippen LogP contribution in [0.15, 0.2) is 53.4 Å². The van der Waals surface area contributed by atoms with Crippen LogP contribution in [0.1, 0.15) is 22.8 Å². The number of piperazine rings is 1. The molecule has 2 aromatic carbocycles. The molecule has 31 heavy (non-hydrogen) atoms. The van der Waals surface area contributed by atoms with Gasteiger partial charge in [-0.1, -0.05) is 24.3 Å². The van der Waals surface area contributed by atoms with Crippen LogP contribution >= 0.6 is 0 Å². The Morgan fingerprint density at radius 1 is 0.968 bits per heavy atom. The summed E-state index contributed by atoms with van der Waals surface area (Å²) in [6.45, 7) is 4.35. The van der Waals surface area contributed by atoms with Gasteiger partial charge in [-0.05, 0) is 36.8 Å². The van der Waals surface area contributed by atoms with Crippen molar-refractivity contribution in [2.45, 2.75) is 18.4 Å². The second-order valence-corrected chi connectivity index (χ2v) is 9.28. The van der Waals surface area contributed by atoms with Crippen molar-refractivity contribution in [3.63, 3.8) is 0 Å². The fourth-order valence-electron chi connectivity index (χ4n) is 3.39. The van der Waals surface area contributed by atoms with E-state index >= 15 is 0 Å². The van der Waals surface area contributed by atoms with Crippen LogP contribution in [-0.2, 0) is 21.1 Å².